The van der Waals surface area contributed by atoms with Gasteiger partial charge < -0.3 is 17.5 Å². The third-order valence-corrected chi connectivity index (χ3v) is 2.06. The van der Waals surface area contributed by atoms with Crippen LogP contribution in [0.2, 0.25) is 0 Å². The average molecular weight is 239 g/mol. The average Bonchev–Trinajstić information content (AvgIpc) is 2.26. The second-order valence-corrected chi connectivity index (χ2v) is 4.06. The zero-order valence-electron chi connectivity index (χ0n) is 9.63. The van der Waals surface area contributed by atoms with E-state index in [0.717, 1.165) is 5.56 Å². The summed E-state index contributed by atoms with van der Waals surface area (Å²) in [5.74, 6) is 6.07. The van der Waals surface area contributed by atoms with Gasteiger partial charge in [0.2, 0.25) is 0 Å². The summed E-state index contributed by atoms with van der Waals surface area (Å²) in [6, 6.07) is 9.86. The van der Waals surface area contributed by atoms with Crippen molar-refractivity contribution in [1.82, 2.24) is 5.32 Å². The number of halogens is 1. The van der Waals surface area contributed by atoms with Crippen molar-refractivity contribution in [1.29, 1.82) is 0 Å². The third-order valence-electron chi connectivity index (χ3n) is 2.06. The molecule has 2 nitrogen and oxygen atoms in total. The van der Waals surface area contributed by atoms with E-state index >= 15 is 0 Å². The molecule has 0 unspecified atom stereocenters. The molecule has 0 aliphatic carbocycles. The topological polar surface area (TPSA) is 32.3 Å². The van der Waals surface area contributed by atoms with Gasteiger partial charge in [-0.05, 0) is 26.0 Å². The van der Waals surface area contributed by atoms with E-state index in [2.05, 4.69) is 17.2 Å². The molecule has 0 spiro atoms. The van der Waals surface area contributed by atoms with Crippen molar-refractivity contribution in [2.24, 2.45) is 0 Å². The number of rotatable bonds is 3. The molecule has 0 fully saturated rings. The molecular weight excluding hydrogens is 222 g/mol. The van der Waals surface area contributed by atoms with Gasteiger partial charge in [-0.25, -0.2) is 0 Å². The predicted octanol–water partition coefficient (Wildman–Crippen LogP) is -1.60. The number of nitrogens with one attached hydrogen (secondary N) is 1. The third kappa shape index (κ3) is 5.77. The maximum Gasteiger partial charge on any atom is 0.0608 e. The number of aliphatic hydroxyl groups is 1. The van der Waals surface area contributed by atoms with Crippen molar-refractivity contribution in [2.75, 3.05) is 13.2 Å². The van der Waals surface area contributed by atoms with E-state index in [9.17, 15) is 0 Å². The molecule has 0 aliphatic heterocycles. The highest BCUT2D eigenvalue weighted by Gasteiger charge is 2.13. The summed E-state index contributed by atoms with van der Waals surface area (Å²) in [4.78, 5) is 0. The summed E-state index contributed by atoms with van der Waals surface area (Å²) >= 11 is 0. The zero-order valence-corrected chi connectivity index (χ0v) is 10.4. The van der Waals surface area contributed by atoms with Gasteiger partial charge in [0.05, 0.1) is 13.2 Å². The lowest BCUT2D eigenvalue weighted by atomic mass is 10.1. The van der Waals surface area contributed by atoms with E-state index in [1.54, 1.807) is 0 Å². The Bertz CT molecular complexity index is 351. The maximum absolute atomic E-state index is 9.00. The SMILES string of the molecule is CC(C)(CO)NCC#Cc1ccccc1.[Cl-]. The Labute approximate surface area is 103 Å². The molecule has 0 amide bonds. The van der Waals surface area contributed by atoms with E-state index in [1.165, 1.54) is 0 Å². The Balaban J connectivity index is 0.00000225. The lowest BCUT2D eigenvalue weighted by Gasteiger charge is -2.21. The van der Waals surface area contributed by atoms with Gasteiger partial charge in [-0.15, -0.1) is 0 Å². The van der Waals surface area contributed by atoms with Gasteiger partial charge in [0.1, 0.15) is 0 Å². The van der Waals surface area contributed by atoms with E-state index in [-0.39, 0.29) is 24.6 Å². The van der Waals surface area contributed by atoms with Crippen molar-refractivity contribution in [3.05, 3.63) is 35.9 Å². The minimum atomic E-state index is -0.259. The number of hydrogen-bond acceptors (Lipinski definition) is 2. The van der Waals surface area contributed by atoms with Gasteiger partial charge >= 0.3 is 0 Å². The Morgan fingerprint density at radius 2 is 1.88 bits per heavy atom. The van der Waals surface area contributed by atoms with Crippen molar-refractivity contribution in [2.45, 2.75) is 19.4 Å². The fourth-order valence-corrected chi connectivity index (χ4v) is 1.01. The summed E-state index contributed by atoms with van der Waals surface area (Å²) in [6.45, 7) is 4.58. The monoisotopic (exact) mass is 238 g/mol. The van der Waals surface area contributed by atoms with Crippen LogP contribution in [0.3, 0.4) is 0 Å². The molecule has 88 valence electrons. The van der Waals surface area contributed by atoms with Crippen molar-refractivity contribution >= 4 is 0 Å². The molecule has 1 aromatic carbocycles. The van der Waals surface area contributed by atoms with Gasteiger partial charge in [0.25, 0.3) is 0 Å². The van der Waals surface area contributed by atoms with Gasteiger partial charge in [-0.3, -0.25) is 5.32 Å². The van der Waals surface area contributed by atoms with Crippen LogP contribution < -0.4 is 17.7 Å². The second-order valence-electron chi connectivity index (χ2n) is 4.06. The molecule has 1 rings (SSSR count). The summed E-state index contributed by atoms with van der Waals surface area (Å²) in [5.41, 5.74) is 0.756. The van der Waals surface area contributed by atoms with Gasteiger partial charge in [0, 0.05) is 11.1 Å². The first-order chi connectivity index (χ1) is 7.14. The lowest BCUT2D eigenvalue weighted by Crippen LogP contribution is -3.00. The molecule has 0 saturated carbocycles. The Kier molecular flexibility index (Phi) is 6.83. The number of hydrogen-bond donors (Lipinski definition) is 2. The molecular formula is C13H17ClNO-. The summed E-state index contributed by atoms with van der Waals surface area (Å²) in [7, 11) is 0. The van der Waals surface area contributed by atoms with Crippen molar-refractivity contribution in [3.63, 3.8) is 0 Å². The highest BCUT2D eigenvalue weighted by molar-refractivity contribution is 5.33. The lowest BCUT2D eigenvalue weighted by molar-refractivity contribution is -0.00000412. The summed E-state index contributed by atoms with van der Waals surface area (Å²) in [6.07, 6.45) is 0. The molecule has 0 aliphatic rings. The number of benzene rings is 1. The zero-order chi connectivity index (χ0) is 11.1. The standard InChI is InChI=1S/C13H17NO.ClH/c1-13(2,11-15)14-10-6-9-12-7-4-3-5-8-12;/h3-5,7-8,14-15H,10-11H2,1-2H3;1H/p-1. The Hall–Kier alpha value is -1.01. The van der Waals surface area contributed by atoms with E-state index < -0.39 is 0 Å². The van der Waals surface area contributed by atoms with Crippen molar-refractivity contribution in [3.8, 4) is 11.8 Å². The summed E-state index contributed by atoms with van der Waals surface area (Å²) in [5, 5.41) is 12.2. The molecule has 0 bridgehead atoms. The molecule has 1 aromatic rings. The van der Waals surface area contributed by atoms with Crippen LogP contribution in [0.25, 0.3) is 0 Å². The largest absolute Gasteiger partial charge is 1.00 e. The first-order valence-corrected chi connectivity index (χ1v) is 5.04. The van der Waals surface area contributed by atoms with Crippen LogP contribution in [0.5, 0.6) is 0 Å². The first-order valence-electron chi connectivity index (χ1n) is 5.04. The minimum absolute atomic E-state index is 0. The van der Waals surface area contributed by atoms with Gasteiger partial charge in [-0.1, -0.05) is 30.0 Å². The van der Waals surface area contributed by atoms with Gasteiger partial charge in [-0.2, -0.15) is 0 Å². The maximum atomic E-state index is 9.00. The highest BCUT2D eigenvalue weighted by Crippen LogP contribution is 1.98. The van der Waals surface area contributed by atoms with Crippen LogP contribution in [0.1, 0.15) is 19.4 Å². The molecule has 0 radical (unpaired) electrons. The number of aliphatic hydroxyl groups excluding tert-OH is 1. The van der Waals surface area contributed by atoms with Crippen LogP contribution in [-0.4, -0.2) is 23.8 Å². The quantitative estimate of drug-likeness (QED) is 0.622. The van der Waals surface area contributed by atoms with Gasteiger partial charge in [0.15, 0.2) is 0 Å². The molecule has 0 aromatic heterocycles. The molecule has 0 saturated heterocycles. The van der Waals surface area contributed by atoms with Crippen LogP contribution in [0, 0.1) is 11.8 Å². The van der Waals surface area contributed by atoms with Crippen LogP contribution in [0.15, 0.2) is 30.3 Å². The normalized spacial score (nSPS) is 9.94. The molecule has 16 heavy (non-hydrogen) atoms. The first kappa shape index (κ1) is 15.0. The van der Waals surface area contributed by atoms with Crippen LogP contribution in [0.4, 0.5) is 0 Å². The molecule has 3 heteroatoms. The Morgan fingerprint density at radius 3 is 2.44 bits per heavy atom. The molecule has 0 heterocycles. The predicted molar refractivity (Wildman–Crippen MR) is 62.5 cm³/mol. The van der Waals surface area contributed by atoms with E-state index in [4.69, 9.17) is 5.11 Å². The highest BCUT2D eigenvalue weighted by atomic mass is 35.5. The van der Waals surface area contributed by atoms with E-state index in [1.807, 2.05) is 44.2 Å². The fourth-order valence-electron chi connectivity index (χ4n) is 1.01. The van der Waals surface area contributed by atoms with Crippen molar-refractivity contribution < 1.29 is 17.5 Å². The van der Waals surface area contributed by atoms with Crippen LogP contribution >= 0.6 is 0 Å². The van der Waals surface area contributed by atoms with Crippen LogP contribution in [-0.2, 0) is 0 Å². The van der Waals surface area contributed by atoms with E-state index in [0.29, 0.717) is 6.54 Å². The minimum Gasteiger partial charge on any atom is -1.00 e. The Morgan fingerprint density at radius 1 is 1.25 bits per heavy atom. The summed E-state index contributed by atoms with van der Waals surface area (Å²) < 4.78 is 0. The smallest absolute Gasteiger partial charge is 0.0608 e. The second kappa shape index (κ2) is 7.29. The molecule has 0 atom stereocenters. The molecule has 2 N–H and O–H groups in total. The fraction of sp³-hybridized carbons (Fsp3) is 0.385.